The average molecular weight is 355 g/mol. The molecule has 0 amide bonds. The normalized spacial score (nSPS) is 11.4. The Balaban J connectivity index is 1.93. The Hall–Kier alpha value is -2.96. The lowest BCUT2D eigenvalue weighted by atomic mass is 10.2. The molecule has 0 spiro atoms. The van der Waals surface area contributed by atoms with Crippen molar-refractivity contribution >= 4 is 11.6 Å². The summed E-state index contributed by atoms with van der Waals surface area (Å²) in [6.07, 6.45) is 2.59. The van der Waals surface area contributed by atoms with E-state index in [2.05, 4.69) is 34.5 Å². The van der Waals surface area contributed by atoms with Gasteiger partial charge in [0.2, 0.25) is 0 Å². The van der Waals surface area contributed by atoms with Crippen LogP contribution in [-0.4, -0.2) is 29.0 Å². The number of non-ortho nitro benzene ring substituents is 1. The van der Waals surface area contributed by atoms with Gasteiger partial charge in [-0.15, -0.1) is 0 Å². The van der Waals surface area contributed by atoms with Gasteiger partial charge in [0.1, 0.15) is 0 Å². The number of hydrogen-bond donors (Lipinski definition) is 2. The van der Waals surface area contributed by atoms with Crippen molar-refractivity contribution in [1.29, 1.82) is 0 Å². The second-order valence-electron chi connectivity index (χ2n) is 6.36. The van der Waals surface area contributed by atoms with Crippen LogP contribution in [-0.2, 0) is 13.0 Å². The van der Waals surface area contributed by atoms with E-state index >= 15 is 0 Å². The van der Waals surface area contributed by atoms with E-state index in [0.29, 0.717) is 12.5 Å². The Morgan fingerprint density at radius 3 is 2.58 bits per heavy atom. The topological polar surface area (TPSA) is 92.5 Å². The summed E-state index contributed by atoms with van der Waals surface area (Å²) in [6, 6.07) is 12.3. The number of rotatable bonds is 8. The molecule has 2 rings (SSSR count). The molecule has 0 saturated carbocycles. The van der Waals surface area contributed by atoms with Crippen molar-refractivity contribution in [3.63, 3.8) is 0 Å². The molecule has 138 valence electrons. The van der Waals surface area contributed by atoms with E-state index in [-0.39, 0.29) is 5.69 Å². The monoisotopic (exact) mass is 355 g/mol. The van der Waals surface area contributed by atoms with Gasteiger partial charge in [-0.1, -0.05) is 32.0 Å². The van der Waals surface area contributed by atoms with Crippen molar-refractivity contribution in [2.24, 2.45) is 10.9 Å². The molecule has 0 aliphatic heterocycles. The van der Waals surface area contributed by atoms with Crippen molar-refractivity contribution in [2.45, 2.75) is 26.8 Å². The predicted octanol–water partition coefficient (Wildman–Crippen LogP) is 2.92. The molecule has 26 heavy (non-hydrogen) atoms. The van der Waals surface area contributed by atoms with Gasteiger partial charge in [0, 0.05) is 43.5 Å². The van der Waals surface area contributed by atoms with E-state index in [1.807, 2.05) is 18.2 Å². The Kier molecular flexibility index (Phi) is 7.54. The van der Waals surface area contributed by atoms with Gasteiger partial charge in [-0.05, 0) is 23.6 Å². The van der Waals surface area contributed by atoms with Crippen LogP contribution in [0.1, 0.15) is 25.1 Å². The second-order valence-corrected chi connectivity index (χ2v) is 6.36. The molecular weight excluding hydrogens is 330 g/mol. The summed E-state index contributed by atoms with van der Waals surface area (Å²) in [4.78, 5) is 19.2. The fourth-order valence-corrected chi connectivity index (χ4v) is 2.22. The molecule has 0 aliphatic carbocycles. The largest absolute Gasteiger partial charge is 0.356 e. The second kappa shape index (κ2) is 10.1. The molecule has 0 saturated heterocycles. The fraction of sp³-hybridized carbons (Fsp3) is 0.368. The summed E-state index contributed by atoms with van der Waals surface area (Å²) in [6.45, 7) is 6.26. The maximum atomic E-state index is 10.7. The average Bonchev–Trinajstić information content (AvgIpc) is 2.64. The van der Waals surface area contributed by atoms with Gasteiger partial charge in [0.25, 0.3) is 5.69 Å². The molecule has 0 aliphatic rings. The highest BCUT2D eigenvalue weighted by atomic mass is 16.6. The zero-order chi connectivity index (χ0) is 18.8. The molecule has 7 heteroatoms. The Labute approximate surface area is 153 Å². The van der Waals surface area contributed by atoms with Crippen LogP contribution in [0.2, 0.25) is 0 Å². The molecule has 0 radical (unpaired) electrons. The lowest BCUT2D eigenvalue weighted by Crippen LogP contribution is -2.40. The lowest BCUT2D eigenvalue weighted by molar-refractivity contribution is -0.384. The molecule has 0 bridgehead atoms. The van der Waals surface area contributed by atoms with Gasteiger partial charge in [-0.2, -0.15) is 0 Å². The summed E-state index contributed by atoms with van der Waals surface area (Å²) >= 11 is 0. The van der Waals surface area contributed by atoms with Crippen molar-refractivity contribution in [1.82, 2.24) is 15.6 Å². The maximum Gasteiger partial charge on any atom is 0.269 e. The standard InChI is InChI=1S/C19H25N5O2/c1-15(2)13-22-19(21-12-10-17-5-3-4-11-20-17)23-14-16-6-8-18(9-7-16)24(25)26/h3-9,11,15H,10,12-14H2,1-2H3,(H2,21,22,23). The lowest BCUT2D eigenvalue weighted by Gasteiger charge is -2.14. The summed E-state index contributed by atoms with van der Waals surface area (Å²) in [5.41, 5.74) is 2.04. The number of nitrogens with one attached hydrogen (secondary N) is 2. The molecule has 7 nitrogen and oxygen atoms in total. The SMILES string of the molecule is CC(C)CNC(=NCc1ccc([N+](=O)[O-])cc1)NCCc1ccccn1. The van der Waals surface area contributed by atoms with E-state index in [9.17, 15) is 10.1 Å². The third kappa shape index (κ3) is 6.88. The molecule has 2 N–H and O–H groups in total. The van der Waals surface area contributed by atoms with E-state index < -0.39 is 4.92 Å². The maximum absolute atomic E-state index is 10.7. The molecule has 1 aromatic carbocycles. The van der Waals surface area contributed by atoms with Crippen LogP contribution in [0.25, 0.3) is 0 Å². The molecular formula is C19H25N5O2. The molecule has 0 unspecified atom stereocenters. The Morgan fingerprint density at radius 1 is 1.19 bits per heavy atom. The van der Waals surface area contributed by atoms with E-state index in [4.69, 9.17) is 0 Å². The fourth-order valence-electron chi connectivity index (χ4n) is 2.22. The Bertz CT molecular complexity index is 714. The van der Waals surface area contributed by atoms with Gasteiger partial charge in [-0.3, -0.25) is 15.1 Å². The predicted molar refractivity (Wildman–Crippen MR) is 103 cm³/mol. The van der Waals surface area contributed by atoms with Crippen LogP contribution < -0.4 is 10.6 Å². The third-order valence-corrected chi connectivity index (χ3v) is 3.64. The van der Waals surface area contributed by atoms with Crippen LogP contribution in [0, 0.1) is 16.0 Å². The number of nitro benzene ring substituents is 1. The number of nitro groups is 1. The van der Waals surface area contributed by atoms with Crippen molar-refractivity contribution in [3.05, 3.63) is 70.0 Å². The van der Waals surface area contributed by atoms with Crippen LogP contribution in [0.4, 0.5) is 5.69 Å². The number of guanidine groups is 1. The highest BCUT2D eigenvalue weighted by Gasteiger charge is 2.05. The van der Waals surface area contributed by atoms with Gasteiger partial charge in [0.05, 0.1) is 11.5 Å². The molecule has 2 aromatic rings. The van der Waals surface area contributed by atoms with Gasteiger partial charge in [0.15, 0.2) is 5.96 Å². The summed E-state index contributed by atoms with van der Waals surface area (Å²) in [5, 5.41) is 17.3. The number of pyridine rings is 1. The number of aromatic nitrogens is 1. The quantitative estimate of drug-likeness (QED) is 0.329. The zero-order valence-corrected chi connectivity index (χ0v) is 15.2. The van der Waals surface area contributed by atoms with E-state index in [0.717, 1.165) is 36.7 Å². The van der Waals surface area contributed by atoms with E-state index in [1.165, 1.54) is 12.1 Å². The molecule has 0 fully saturated rings. The van der Waals surface area contributed by atoms with E-state index in [1.54, 1.807) is 18.3 Å². The first-order valence-corrected chi connectivity index (χ1v) is 8.70. The van der Waals surface area contributed by atoms with Crippen molar-refractivity contribution < 1.29 is 4.92 Å². The van der Waals surface area contributed by atoms with Crippen molar-refractivity contribution in [3.8, 4) is 0 Å². The number of benzene rings is 1. The molecule has 1 heterocycles. The molecule has 0 atom stereocenters. The first-order chi connectivity index (χ1) is 12.5. The number of aliphatic imine (C=N–C) groups is 1. The van der Waals surface area contributed by atoms with Crippen LogP contribution in [0.3, 0.4) is 0 Å². The summed E-state index contributed by atoms with van der Waals surface area (Å²) < 4.78 is 0. The summed E-state index contributed by atoms with van der Waals surface area (Å²) in [5.74, 6) is 1.23. The number of nitrogens with zero attached hydrogens (tertiary/aromatic N) is 3. The van der Waals surface area contributed by atoms with Crippen LogP contribution in [0.5, 0.6) is 0 Å². The smallest absolute Gasteiger partial charge is 0.269 e. The van der Waals surface area contributed by atoms with Crippen LogP contribution >= 0.6 is 0 Å². The first-order valence-electron chi connectivity index (χ1n) is 8.70. The van der Waals surface area contributed by atoms with Crippen LogP contribution in [0.15, 0.2) is 53.7 Å². The third-order valence-electron chi connectivity index (χ3n) is 3.64. The zero-order valence-electron chi connectivity index (χ0n) is 15.2. The first kappa shape index (κ1) is 19.4. The number of hydrogen-bond acceptors (Lipinski definition) is 4. The minimum atomic E-state index is -0.401. The highest BCUT2D eigenvalue weighted by molar-refractivity contribution is 5.79. The minimum absolute atomic E-state index is 0.0874. The van der Waals surface area contributed by atoms with Gasteiger partial charge >= 0.3 is 0 Å². The summed E-state index contributed by atoms with van der Waals surface area (Å²) in [7, 11) is 0. The van der Waals surface area contributed by atoms with Gasteiger partial charge in [-0.25, -0.2) is 4.99 Å². The van der Waals surface area contributed by atoms with Gasteiger partial charge < -0.3 is 10.6 Å². The highest BCUT2D eigenvalue weighted by Crippen LogP contribution is 2.12. The Morgan fingerprint density at radius 2 is 1.96 bits per heavy atom. The minimum Gasteiger partial charge on any atom is -0.356 e. The molecule has 1 aromatic heterocycles. The van der Waals surface area contributed by atoms with Crippen molar-refractivity contribution in [2.75, 3.05) is 13.1 Å².